The van der Waals surface area contributed by atoms with Gasteiger partial charge in [0.25, 0.3) is 0 Å². The monoisotopic (exact) mass is 318 g/mol. The predicted molar refractivity (Wildman–Crippen MR) is 89.0 cm³/mol. The van der Waals surface area contributed by atoms with Crippen LogP contribution in [-0.4, -0.2) is 35.3 Å². The van der Waals surface area contributed by atoms with Crippen molar-refractivity contribution in [2.24, 2.45) is 11.7 Å². The maximum absolute atomic E-state index is 12.8. The Morgan fingerprint density at radius 3 is 2.52 bits per heavy atom. The minimum absolute atomic E-state index is 0.00533. The highest BCUT2D eigenvalue weighted by Gasteiger charge is 2.33. The van der Waals surface area contributed by atoms with E-state index in [1.54, 1.807) is 4.90 Å². The van der Waals surface area contributed by atoms with Crippen molar-refractivity contribution in [1.29, 1.82) is 0 Å². The van der Waals surface area contributed by atoms with Gasteiger partial charge in [0, 0.05) is 25.6 Å². The van der Waals surface area contributed by atoms with E-state index in [-0.39, 0.29) is 24.4 Å². The van der Waals surface area contributed by atoms with Gasteiger partial charge in [-0.3, -0.25) is 15.0 Å². The average Bonchev–Trinajstić information content (AvgIpc) is 3.01. The Kier molecular flexibility index (Phi) is 6.12. The van der Waals surface area contributed by atoms with Crippen LogP contribution < -0.4 is 16.6 Å². The van der Waals surface area contributed by atoms with E-state index in [0.29, 0.717) is 19.0 Å². The molecule has 1 aliphatic heterocycles. The standard InChI is InChI=1S/C17H26N4O2/c1-12(2)14-10-15(20-19-14)17(23)21(9-8-16(18)22)11-13-6-4-3-5-7-13/h3-7,12,14-15,19-20H,8-11H2,1-2H3,(H2,18,22). The smallest absolute Gasteiger partial charge is 0.241 e. The Balaban J connectivity index is 2.03. The van der Waals surface area contributed by atoms with Crippen LogP contribution in [0, 0.1) is 5.92 Å². The van der Waals surface area contributed by atoms with Gasteiger partial charge in [0.05, 0.1) is 0 Å². The van der Waals surface area contributed by atoms with Crippen molar-refractivity contribution >= 4 is 11.8 Å². The second kappa shape index (κ2) is 8.08. The van der Waals surface area contributed by atoms with E-state index < -0.39 is 5.91 Å². The fourth-order valence-corrected chi connectivity index (χ4v) is 2.72. The lowest BCUT2D eigenvalue weighted by Gasteiger charge is -2.25. The highest BCUT2D eigenvalue weighted by Crippen LogP contribution is 2.16. The largest absolute Gasteiger partial charge is 0.370 e. The Hall–Kier alpha value is -1.92. The number of rotatable bonds is 7. The molecular weight excluding hydrogens is 292 g/mol. The Morgan fingerprint density at radius 2 is 1.96 bits per heavy atom. The van der Waals surface area contributed by atoms with Crippen LogP contribution in [0.4, 0.5) is 0 Å². The van der Waals surface area contributed by atoms with Crippen molar-refractivity contribution in [3.05, 3.63) is 35.9 Å². The molecule has 1 heterocycles. The van der Waals surface area contributed by atoms with Gasteiger partial charge in [-0.25, -0.2) is 5.43 Å². The average molecular weight is 318 g/mol. The van der Waals surface area contributed by atoms with Crippen LogP contribution in [0.2, 0.25) is 0 Å². The van der Waals surface area contributed by atoms with Crippen molar-refractivity contribution < 1.29 is 9.59 Å². The normalized spacial score (nSPS) is 20.7. The van der Waals surface area contributed by atoms with Gasteiger partial charge < -0.3 is 10.6 Å². The summed E-state index contributed by atoms with van der Waals surface area (Å²) in [6, 6.07) is 9.78. The topological polar surface area (TPSA) is 87.5 Å². The summed E-state index contributed by atoms with van der Waals surface area (Å²) < 4.78 is 0. The molecule has 0 spiro atoms. The van der Waals surface area contributed by atoms with Gasteiger partial charge in [-0.2, -0.15) is 0 Å². The third-order valence-electron chi connectivity index (χ3n) is 4.19. The Bertz CT molecular complexity index is 533. The van der Waals surface area contributed by atoms with E-state index in [1.165, 1.54) is 0 Å². The molecule has 126 valence electrons. The summed E-state index contributed by atoms with van der Waals surface area (Å²) in [5.41, 5.74) is 12.5. The van der Waals surface area contributed by atoms with Crippen molar-refractivity contribution in [2.75, 3.05) is 6.54 Å². The third kappa shape index (κ3) is 5.04. The molecule has 2 rings (SSSR count). The van der Waals surface area contributed by atoms with E-state index in [1.807, 2.05) is 30.3 Å². The van der Waals surface area contributed by atoms with Crippen LogP contribution in [0.15, 0.2) is 30.3 Å². The maximum Gasteiger partial charge on any atom is 0.241 e. The van der Waals surface area contributed by atoms with Crippen LogP contribution in [0.5, 0.6) is 0 Å². The first kappa shape index (κ1) is 17.4. The number of carbonyl (C=O) groups is 2. The number of nitrogens with one attached hydrogen (secondary N) is 2. The number of amides is 2. The maximum atomic E-state index is 12.8. The van der Waals surface area contributed by atoms with Crippen molar-refractivity contribution in [1.82, 2.24) is 15.8 Å². The summed E-state index contributed by atoms with van der Waals surface area (Å²) in [6.07, 6.45) is 0.921. The van der Waals surface area contributed by atoms with Crippen LogP contribution >= 0.6 is 0 Å². The summed E-state index contributed by atoms with van der Waals surface area (Å²) in [5, 5.41) is 0. The van der Waals surface area contributed by atoms with E-state index in [0.717, 1.165) is 12.0 Å². The van der Waals surface area contributed by atoms with Crippen molar-refractivity contribution in [3.63, 3.8) is 0 Å². The minimum Gasteiger partial charge on any atom is -0.370 e. The van der Waals surface area contributed by atoms with Gasteiger partial charge in [-0.05, 0) is 17.9 Å². The predicted octanol–water partition coefficient (Wildman–Crippen LogP) is 0.782. The third-order valence-corrected chi connectivity index (χ3v) is 4.19. The Morgan fingerprint density at radius 1 is 1.26 bits per heavy atom. The van der Waals surface area contributed by atoms with Crippen LogP contribution in [-0.2, 0) is 16.1 Å². The molecule has 0 radical (unpaired) electrons. The molecule has 0 aromatic heterocycles. The number of primary amides is 1. The first-order valence-electron chi connectivity index (χ1n) is 8.09. The SMILES string of the molecule is CC(C)C1CC(C(=O)N(CCC(N)=O)Cc2ccccc2)NN1. The fraction of sp³-hybridized carbons (Fsp3) is 0.529. The van der Waals surface area contributed by atoms with Gasteiger partial charge in [-0.15, -0.1) is 0 Å². The number of hydrazine groups is 1. The molecule has 1 aromatic rings. The molecule has 1 fully saturated rings. The molecular formula is C17H26N4O2. The molecule has 2 atom stereocenters. The van der Waals surface area contributed by atoms with Crippen LogP contribution in [0.3, 0.4) is 0 Å². The molecule has 0 bridgehead atoms. The zero-order valence-corrected chi connectivity index (χ0v) is 13.8. The number of nitrogens with zero attached hydrogens (tertiary/aromatic N) is 1. The second-order valence-electron chi connectivity index (χ2n) is 6.39. The summed E-state index contributed by atoms with van der Waals surface area (Å²) in [4.78, 5) is 25.6. The quantitative estimate of drug-likeness (QED) is 0.693. The van der Waals surface area contributed by atoms with Crippen LogP contribution in [0.25, 0.3) is 0 Å². The van der Waals surface area contributed by atoms with E-state index in [9.17, 15) is 9.59 Å². The first-order chi connectivity index (χ1) is 11.0. The molecule has 2 unspecified atom stereocenters. The van der Waals surface area contributed by atoms with Crippen LogP contribution in [0.1, 0.15) is 32.3 Å². The number of hydrogen-bond acceptors (Lipinski definition) is 4. The lowest BCUT2D eigenvalue weighted by atomic mass is 9.99. The minimum atomic E-state index is -0.395. The molecule has 1 saturated heterocycles. The highest BCUT2D eigenvalue weighted by molar-refractivity contribution is 5.83. The van der Waals surface area contributed by atoms with Gasteiger partial charge in [0.15, 0.2) is 0 Å². The number of hydrogen-bond donors (Lipinski definition) is 3. The molecule has 2 amide bonds. The molecule has 4 N–H and O–H groups in total. The summed E-state index contributed by atoms with van der Waals surface area (Å²) in [6.45, 7) is 5.08. The summed E-state index contributed by atoms with van der Waals surface area (Å²) in [5.74, 6) is 0.0627. The number of carbonyl (C=O) groups excluding carboxylic acids is 2. The fourth-order valence-electron chi connectivity index (χ4n) is 2.72. The molecule has 23 heavy (non-hydrogen) atoms. The van der Waals surface area contributed by atoms with Gasteiger partial charge >= 0.3 is 0 Å². The summed E-state index contributed by atoms with van der Waals surface area (Å²) in [7, 11) is 0. The van der Waals surface area contributed by atoms with Gasteiger partial charge in [0.2, 0.25) is 11.8 Å². The van der Waals surface area contributed by atoms with E-state index in [2.05, 4.69) is 24.7 Å². The molecule has 6 nitrogen and oxygen atoms in total. The van der Waals surface area contributed by atoms with Crippen molar-refractivity contribution in [3.8, 4) is 0 Å². The highest BCUT2D eigenvalue weighted by atomic mass is 16.2. The molecule has 6 heteroatoms. The Labute approximate surface area is 137 Å². The van der Waals surface area contributed by atoms with Gasteiger partial charge in [0.1, 0.15) is 6.04 Å². The van der Waals surface area contributed by atoms with E-state index in [4.69, 9.17) is 5.73 Å². The zero-order chi connectivity index (χ0) is 16.8. The number of benzene rings is 1. The van der Waals surface area contributed by atoms with Gasteiger partial charge in [-0.1, -0.05) is 44.2 Å². The van der Waals surface area contributed by atoms with Crippen molar-refractivity contribution in [2.45, 2.75) is 45.3 Å². The molecule has 0 saturated carbocycles. The molecule has 1 aromatic carbocycles. The lowest BCUT2D eigenvalue weighted by Crippen LogP contribution is -2.46. The zero-order valence-electron chi connectivity index (χ0n) is 13.8. The molecule has 0 aliphatic carbocycles. The number of nitrogens with two attached hydrogens (primary N) is 1. The second-order valence-corrected chi connectivity index (χ2v) is 6.39. The lowest BCUT2D eigenvalue weighted by molar-refractivity contribution is -0.134. The molecule has 1 aliphatic rings. The summed E-state index contributed by atoms with van der Waals surface area (Å²) >= 11 is 0. The first-order valence-corrected chi connectivity index (χ1v) is 8.09. The van der Waals surface area contributed by atoms with E-state index >= 15 is 0 Å².